The van der Waals surface area contributed by atoms with Gasteiger partial charge in [0.15, 0.2) is 0 Å². The topological polar surface area (TPSA) is 88.0 Å². The van der Waals surface area contributed by atoms with E-state index in [9.17, 15) is 15.0 Å². The molecule has 0 aromatic heterocycles. The van der Waals surface area contributed by atoms with Gasteiger partial charge in [0.05, 0.1) is 17.8 Å². The average Bonchev–Trinajstić information content (AvgIpc) is 1.97. The summed E-state index contributed by atoms with van der Waals surface area (Å²) in [5.74, 6) is -0.701. The van der Waals surface area contributed by atoms with Crippen molar-refractivity contribution >= 4 is 17.7 Å². The van der Waals surface area contributed by atoms with E-state index < -0.39 is 12.0 Å². The number of aliphatic hydroxyl groups excluding tert-OH is 1. The minimum Gasteiger partial charge on any atom is -0.544 e. The van der Waals surface area contributed by atoms with Gasteiger partial charge in [-0.25, -0.2) is 0 Å². The van der Waals surface area contributed by atoms with Gasteiger partial charge in [0.1, 0.15) is 6.04 Å². The number of quaternary nitrogens is 1. The molecule has 0 spiro atoms. The summed E-state index contributed by atoms with van der Waals surface area (Å²) >= 11 is 1.50. The van der Waals surface area contributed by atoms with E-state index in [1.54, 1.807) is 6.92 Å². The van der Waals surface area contributed by atoms with Crippen molar-refractivity contribution in [2.75, 3.05) is 5.75 Å². The van der Waals surface area contributed by atoms with Crippen molar-refractivity contribution in [3.8, 4) is 0 Å². The Labute approximate surface area is 88.9 Å². The summed E-state index contributed by atoms with van der Waals surface area (Å²) in [6.45, 7) is 5.68. The first-order valence-electron chi connectivity index (χ1n) is 4.60. The van der Waals surface area contributed by atoms with Gasteiger partial charge in [0.25, 0.3) is 0 Å². The van der Waals surface area contributed by atoms with E-state index >= 15 is 0 Å². The highest BCUT2D eigenvalue weighted by atomic mass is 32.2. The zero-order chi connectivity index (χ0) is 11.4. The monoisotopic (exact) mass is 221 g/mol. The maximum Gasteiger partial charge on any atom is 0.134 e. The summed E-state index contributed by atoms with van der Waals surface area (Å²) in [5, 5.41) is 19.6. The Morgan fingerprint density at radius 2 is 2.14 bits per heavy atom. The Hall–Kier alpha value is -0.260. The lowest BCUT2D eigenvalue weighted by atomic mass is 10.1. The molecule has 0 amide bonds. The smallest absolute Gasteiger partial charge is 0.134 e. The summed E-state index contributed by atoms with van der Waals surface area (Å²) in [7, 11) is 0. The van der Waals surface area contributed by atoms with Gasteiger partial charge < -0.3 is 20.7 Å². The molecule has 0 aliphatic heterocycles. The molecule has 5 heteroatoms. The number of carboxylic acids is 1. The molecule has 0 aromatic carbocycles. The average molecular weight is 221 g/mol. The number of carbonyl (C=O) groups is 1. The van der Waals surface area contributed by atoms with E-state index in [-0.39, 0.29) is 10.9 Å². The maximum atomic E-state index is 10.4. The fourth-order valence-electron chi connectivity index (χ4n) is 1.16. The summed E-state index contributed by atoms with van der Waals surface area (Å²) < 4.78 is -0.125. The molecule has 4 nitrogen and oxygen atoms in total. The number of rotatable bonds is 6. The highest BCUT2D eigenvalue weighted by molar-refractivity contribution is 8.00. The van der Waals surface area contributed by atoms with Crippen molar-refractivity contribution in [3.05, 3.63) is 0 Å². The molecule has 4 N–H and O–H groups in total. The van der Waals surface area contributed by atoms with Gasteiger partial charge in [-0.15, -0.1) is 11.8 Å². The van der Waals surface area contributed by atoms with E-state index in [0.717, 1.165) is 0 Å². The van der Waals surface area contributed by atoms with Crippen molar-refractivity contribution in [3.63, 3.8) is 0 Å². The number of aliphatic hydroxyl groups is 1. The van der Waals surface area contributed by atoms with Gasteiger partial charge in [0.2, 0.25) is 0 Å². The van der Waals surface area contributed by atoms with Gasteiger partial charge in [-0.05, 0) is 13.3 Å². The number of hydrogen-bond acceptors (Lipinski definition) is 4. The van der Waals surface area contributed by atoms with Crippen LogP contribution in [0.15, 0.2) is 0 Å². The molecule has 0 bridgehead atoms. The van der Waals surface area contributed by atoms with E-state index in [1.807, 2.05) is 13.8 Å². The molecule has 0 aliphatic rings. The van der Waals surface area contributed by atoms with Crippen LogP contribution in [0.3, 0.4) is 0 Å². The number of carbonyl (C=O) groups excluding carboxylic acids is 1. The van der Waals surface area contributed by atoms with Gasteiger partial charge in [-0.1, -0.05) is 13.8 Å². The number of hydrogen-bond donors (Lipinski definition) is 2. The first-order chi connectivity index (χ1) is 6.24. The van der Waals surface area contributed by atoms with Crippen molar-refractivity contribution in [1.29, 1.82) is 0 Å². The van der Waals surface area contributed by atoms with E-state index in [1.165, 1.54) is 11.8 Å². The predicted octanol–water partition coefficient (Wildman–Crippen LogP) is -1.37. The summed E-state index contributed by atoms with van der Waals surface area (Å²) in [5.41, 5.74) is 3.47. The Kier molecular flexibility index (Phi) is 5.48. The lowest BCUT2D eigenvalue weighted by Gasteiger charge is -2.26. The molecule has 0 heterocycles. The quantitative estimate of drug-likeness (QED) is 0.579. The zero-order valence-electron chi connectivity index (χ0n) is 8.95. The third-order valence-corrected chi connectivity index (χ3v) is 3.31. The molecule has 0 aliphatic carbocycles. The molecule has 1 unspecified atom stereocenters. The Bertz CT molecular complexity index is 194. The molecule has 0 radical (unpaired) electrons. The third-order valence-electron chi connectivity index (χ3n) is 1.80. The lowest BCUT2D eigenvalue weighted by Crippen LogP contribution is -2.69. The van der Waals surface area contributed by atoms with Crippen LogP contribution in [0.4, 0.5) is 0 Å². The number of thioether (sulfide) groups is 1. The second kappa shape index (κ2) is 5.58. The number of aliphatic carboxylic acids is 1. The molecular formula is C9H19NO3S. The van der Waals surface area contributed by atoms with Crippen LogP contribution in [0.1, 0.15) is 27.2 Å². The van der Waals surface area contributed by atoms with Crippen molar-refractivity contribution in [1.82, 2.24) is 0 Å². The van der Waals surface area contributed by atoms with E-state index in [4.69, 9.17) is 0 Å². The highest BCUT2D eigenvalue weighted by Crippen LogP contribution is 2.29. The Morgan fingerprint density at radius 1 is 1.64 bits per heavy atom. The van der Waals surface area contributed by atoms with Crippen LogP contribution in [0.2, 0.25) is 0 Å². The molecule has 0 aromatic rings. The molecule has 84 valence electrons. The molecule has 0 saturated heterocycles. The molecule has 14 heavy (non-hydrogen) atoms. The Balaban J connectivity index is 3.92. The first-order valence-corrected chi connectivity index (χ1v) is 5.59. The van der Waals surface area contributed by atoms with Gasteiger partial charge in [-0.2, -0.15) is 0 Å². The van der Waals surface area contributed by atoms with Crippen molar-refractivity contribution in [2.24, 2.45) is 0 Å². The van der Waals surface area contributed by atoms with E-state index in [2.05, 4.69) is 5.73 Å². The maximum absolute atomic E-state index is 10.4. The second-order valence-corrected chi connectivity index (χ2v) is 5.87. The first kappa shape index (κ1) is 13.7. The van der Waals surface area contributed by atoms with Crippen LogP contribution in [0.5, 0.6) is 0 Å². The van der Waals surface area contributed by atoms with Crippen molar-refractivity contribution < 1.29 is 20.7 Å². The van der Waals surface area contributed by atoms with Crippen LogP contribution in [-0.2, 0) is 4.79 Å². The summed E-state index contributed by atoms with van der Waals surface area (Å²) in [4.78, 5) is 10.4. The number of carboxylic acid groups (broad SMARTS) is 1. The summed E-state index contributed by atoms with van der Waals surface area (Å²) in [6.07, 6.45) is 0.265. The fourth-order valence-corrected chi connectivity index (χ4v) is 2.31. The highest BCUT2D eigenvalue weighted by Gasteiger charge is 2.22. The SMILES string of the molecule is CC(O)CC(C)(C)SC[C@H]([NH3+])C(=O)[O-]. The molecular weight excluding hydrogens is 202 g/mol. The predicted molar refractivity (Wildman–Crippen MR) is 54.5 cm³/mol. The normalized spacial score (nSPS) is 16.4. The fraction of sp³-hybridized carbons (Fsp3) is 0.889. The third kappa shape index (κ3) is 6.23. The molecule has 0 fully saturated rings. The van der Waals surface area contributed by atoms with Crippen LogP contribution in [0.25, 0.3) is 0 Å². The zero-order valence-corrected chi connectivity index (χ0v) is 9.76. The molecule has 0 rings (SSSR count). The second-order valence-electron chi connectivity index (χ2n) is 4.14. The lowest BCUT2D eigenvalue weighted by molar-refractivity contribution is -0.431. The van der Waals surface area contributed by atoms with Crippen LogP contribution < -0.4 is 10.8 Å². The van der Waals surface area contributed by atoms with Crippen molar-refractivity contribution in [2.45, 2.75) is 44.1 Å². The minimum absolute atomic E-state index is 0.125. The Morgan fingerprint density at radius 3 is 2.50 bits per heavy atom. The largest absolute Gasteiger partial charge is 0.544 e. The van der Waals surface area contributed by atoms with Crippen LogP contribution >= 0.6 is 11.8 Å². The van der Waals surface area contributed by atoms with Gasteiger partial charge in [-0.3, -0.25) is 0 Å². The van der Waals surface area contributed by atoms with E-state index in [0.29, 0.717) is 12.2 Å². The van der Waals surface area contributed by atoms with Gasteiger partial charge >= 0.3 is 0 Å². The molecule has 0 saturated carbocycles. The van der Waals surface area contributed by atoms with Gasteiger partial charge in [0, 0.05) is 4.75 Å². The minimum atomic E-state index is -1.12. The summed E-state index contributed by atoms with van der Waals surface area (Å²) in [6, 6.07) is -0.687. The molecule has 2 atom stereocenters. The standard InChI is InChI=1S/C9H19NO3S/c1-6(11)4-9(2,3)14-5-7(10)8(12)13/h6-7,11H,4-5,10H2,1-3H3,(H,12,13)/t6?,7-/m0/s1. The van der Waals surface area contributed by atoms with Crippen LogP contribution in [0, 0.1) is 0 Å². The van der Waals surface area contributed by atoms with Crippen LogP contribution in [-0.4, -0.2) is 33.7 Å².